The van der Waals surface area contributed by atoms with Gasteiger partial charge in [0, 0.05) is 32.1 Å². The van der Waals surface area contributed by atoms with E-state index < -0.39 is 0 Å². The molecule has 24 heavy (non-hydrogen) atoms. The Kier molecular flexibility index (Phi) is 4.33. The molecule has 0 radical (unpaired) electrons. The number of H-pyrrole nitrogens is 1. The molecular formula is C17H20N6O. The maximum absolute atomic E-state index is 5.38. The van der Waals surface area contributed by atoms with Gasteiger partial charge in [0.15, 0.2) is 5.82 Å². The molecule has 0 bridgehead atoms. The first-order valence-corrected chi connectivity index (χ1v) is 8.33. The molecule has 1 fully saturated rings. The lowest BCUT2D eigenvalue weighted by atomic mass is 10.00. The zero-order valence-electron chi connectivity index (χ0n) is 13.4. The second-order valence-corrected chi connectivity index (χ2v) is 5.95. The van der Waals surface area contributed by atoms with Crippen LogP contribution in [0.1, 0.15) is 30.4 Å². The van der Waals surface area contributed by atoms with Gasteiger partial charge in [0.1, 0.15) is 11.6 Å². The number of hydrogen-bond acceptors (Lipinski definition) is 6. The molecule has 7 nitrogen and oxygen atoms in total. The Morgan fingerprint density at radius 2 is 1.96 bits per heavy atom. The van der Waals surface area contributed by atoms with Crippen LogP contribution in [-0.2, 0) is 11.2 Å². The fraction of sp³-hybridized carbons (Fsp3) is 0.412. The molecule has 1 aromatic carbocycles. The molecule has 0 spiro atoms. The van der Waals surface area contributed by atoms with E-state index in [-0.39, 0.29) is 0 Å². The molecule has 0 saturated carbocycles. The molecule has 3 heterocycles. The van der Waals surface area contributed by atoms with Gasteiger partial charge in [-0.25, -0.2) is 9.97 Å². The Morgan fingerprint density at radius 3 is 2.83 bits per heavy atom. The Balaban J connectivity index is 1.34. The van der Waals surface area contributed by atoms with Crippen LogP contribution in [-0.4, -0.2) is 44.9 Å². The minimum Gasteiger partial charge on any atom is -0.381 e. The minimum absolute atomic E-state index is 0.420. The van der Waals surface area contributed by atoms with Crippen LogP contribution < -0.4 is 5.32 Å². The average Bonchev–Trinajstić information content (AvgIpc) is 3.11. The van der Waals surface area contributed by atoms with Gasteiger partial charge < -0.3 is 10.1 Å². The van der Waals surface area contributed by atoms with Crippen molar-refractivity contribution in [3.8, 4) is 0 Å². The van der Waals surface area contributed by atoms with Crippen LogP contribution in [0.4, 0.5) is 5.82 Å². The van der Waals surface area contributed by atoms with E-state index in [1.54, 1.807) is 6.20 Å². The van der Waals surface area contributed by atoms with E-state index >= 15 is 0 Å². The largest absolute Gasteiger partial charge is 0.381 e. The van der Waals surface area contributed by atoms with E-state index in [9.17, 15) is 0 Å². The number of hydrogen-bond donors (Lipinski definition) is 2. The first kappa shape index (κ1) is 15.0. The van der Waals surface area contributed by atoms with E-state index in [1.807, 2.05) is 24.3 Å². The number of aromatic nitrogens is 5. The van der Waals surface area contributed by atoms with Crippen LogP contribution in [0, 0.1) is 0 Å². The smallest absolute Gasteiger partial charge is 0.153 e. The van der Waals surface area contributed by atoms with Gasteiger partial charge in [0.05, 0.1) is 17.2 Å². The van der Waals surface area contributed by atoms with Gasteiger partial charge in [0.25, 0.3) is 0 Å². The van der Waals surface area contributed by atoms with Gasteiger partial charge in [-0.05, 0) is 25.0 Å². The number of nitrogens with zero attached hydrogens (tertiary/aromatic N) is 4. The fourth-order valence-electron chi connectivity index (χ4n) is 2.91. The van der Waals surface area contributed by atoms with Crippen molar-refractivity contribution in [3.63, 3.8) is 0 Å². The van der Waals surface area contributed by atoms with Crippen LogP contribution >= 0.6 is 0 Å². The molecule has 124 valence electrons. The minimum atomic E-state index is 0.420. The van der Waals surface area contributed by atoms with Gasteiger partial charge in [-0.3, -0.25) is 10.1 Å². The first-order valence-electron chi connectivity index (χ1n) is 8.33. The number of aromatic amines is 1. The summed E-state index contributed by atoms with van der Waals surface area (Å²) in [5, 5.41) is 10.7. The van der Waals surface area contributed by atoms with E-state index in [1.165, 1.54) is 0 Å². The quantitative estimate of drug-likeness (QED) is 0.748. The van der Waals surface area contributed by atoms with Crippen LogP contribution in [0.25, 0.3) is 11.0 Å². The lowest BCUT2D eigenvalue weighted by Crippen LogP contribution is -2.15. The van der Waals surface area contributed by atoms with Crippen molar-refractivity contribution in [1.29, 1.82) is 0 Å². The van der Waals surface area contributed by atoms with E-state index in [4.69, 9.17) is 4.74 Å². The second kappa shape index (κ2) is 6.92. The van der Waals surface area contributed by atoms with Gasteiger partial charge >= 0.3 is 0 Å². The third kappa shape index (κ3) is 3.35. The Hall–Kier alpha value is -2.54. The van der Waals surface area contributed by atoms with Gasteiger partial charge in [0.2, 0.25) is 0 Å². The van der Waals surface area contributed by atoms with Crippen molar-refractivity contribution >= 4 is 16.9 Å². The summed E-state index contributed by atoms with van der Waals surface area (Å²) in [6.45, 7) is 2.34. The highest BCUT2D eigenvalue weighted by atomic mass is 16.5. The second-order valence-electron chi connectivity index (χ2n) is 5.95. The number of anilines is 1. The highest BCUT2D eigenvalue weighted by molar-refractivity contribution is 5.75. The number of fused-ring (bicyclic) bond motifs is 1. The Morgan fingerprint density at radius 1 is 1.12 bits per heavy atom. The summed E-state index contributed by atoms with van der Waals surface area (Å²) in [6.07, 6.45) is 4.53. The van der Waals surface area contributed by atoms with E-state index in [2.05, 4.69) is 30.5 Å². The number of benzene rings is 1. The monoisotopic (exact) mass is 324 g/mol. The topological polar surface area (TPSA) is 88.6 Å². The molecule has 2 N–H and O–H groups in total. The zero-order chi connectivity index (χ0) is 16.2. The molecule has 1 saturated heterocycles. The van der Waals surface area contributed by atoms with Crippen molar-refractivity contribution in [3.05, 3.63) is 42.1 Å². The lowest BCUT2D eigenvalue weighted by molar-refractivity contribution is 0.0836. The number of para-hydroxylation sites is 2. The maximum atomic E-state index is 5.38. The maximum Gasteiger partial charge on any atom is 0.153 e. The molecule has 4 rings (SSSR count). The van der Waals surface area contributed by atoms with Crippen molar-refractivity contribution < 1.29 is 4.74 Å². The molecule has 3 aromatic rings. The predicted molar refractivity (Wildman–Crippen MR) is 90.9 cm³/mol. The fourth-order valence-corrected chi connectivity index (χ4v) is 2.91. The van der Waals surface area contributed by atoms with Crippen LogP contribution in [0.15, 0.2) is 30.5 Å². The molecule has 1 aliphatic heterocycles. The third-order valence-electron chi connectivity index (χ3n) is 4.25. The first-order chi connectivity index (χ1) is 11.9. The summed E-state index contributed by atoms with van der Waals surface area (Å²) >= 11 is 0. The van der Waals surface area contributed by atoms with Crippen LogP contribution in [0.2, 0.25) is 0 Å². The van der Waals surface area contributed by atoms with Gasteiger partial charge in [-0.2, -0.15) is 5.10 Å². The SMILES string of the molecule is c1ccc2nc(NCCc3nc(C4CCOCC4)n[nH]3)cnc2c1. The summed E-state index contributed by atoms with van der Waals surface area (Å²) in [5.74, 6) is 3.01. The normalized spacial score (nSPS) is 15.7. The summed E-state index contributed by atoms with van der Waals surface area (Å²) in [7, 11) is 0. The standard InChI is InChI=1S/C17H20N6O/c1-2-4-14-13(3-1)19-11-16(20-14)18-8-5-15-21-17(23-22-15)12-6-9-24-10-7-12/h1-4,11-12H,5-10H2,(H,18,20)(H,21,22,23). The van der Waals surface area contributed by atoms with E-state index in [0.717, 1.165) is 67.5 Å². The van der Waals surface area contributed by atoms with Crippen molar-refractivity contribution in [2.75, 3.05) is 25.1 Å². The number of ether oxygens (including phenoxy) is 1. The summed E-state index contributed by atoms with van der Waals surface area (Å²) < 4.78 is 5.38. The summed E-state index contributed by atoms with van der Waals surface area (Å²) in [6, 6.07) is 7.85. The molecule has 0 atom stereocenters. The van der Waals surface area contributed by atoms with Gasteiger partial charge in [-0.15, -0.1) is 0 Å². The average molecular weight is 324 g/mol. The Labute approximate surface area is 139 Å². The van der Waals surface area contributed by atoms with Crippen molar-refractivity contribution in [1.82, 2.24) is 25.1 Å². The van der Waals surface area contributed by atoms with Crippen molar-refractivity contribution in [2.24, 2.45) is 0 Å². The molecule has 1 aliphatic rings. The molecule has 7 heteroatoms. The third-order valence-corrected chi connectivity index (χ3v) is 4.25. The van der Waals surface area contributed by atoms with Crippen LogP contribution in [0.5, 0.6) is 0 Å². The highest BCUT2D eigenvalue weighted by Crippen LogP contribution is 2.23. The van der Waals surface area contributed by atoms with Crippen molar-refractivity contribution in [2.45, 2.75) is 25.2 Å². The summed E-state index contributed by atoms with van der Waals surface area (Å²) in [4.78, 5) is 13.6. The van der Waals surface area contributed by atoms with Gasteiger partial charge in [-0.1, -0.05) is 12.1 Å². The number of rotatable bonds is 5. The molecule has 0 unspecified atom stereocenters. The van der Waals surface area contributed by atoms with E-state index in [0.29, 0.717) is 5.92 Å². The predicted octanol–water partition coefficient (Wildman–Crippen LogP) is 2.30. The van der Waals surface area contributed by atoms with Crippen LogP contribution in [0.3, 0.4) is 0 Å². The number of nitrogens with one attached hydrogen (secondary N) is 2. The molecule has 0 amide bonds. The molecule has 2 aromatic heterocycles. The molecule has 0 aliphatic carbocycles. The zero-order valence-corrected chi connectivity index (χ0v) is 13.4. The molecular weight excluding hydrogens is 304 g/mol. The highest BCUT2D eigenvalue weighted by Gasteiger charge is 2.19. The lowest BCUT2D eigenvalue weighted by Gasteiger charge is -2.18. The summed E-state index contributed by atoms with van der Waals surface area (Å²) in [5.41, 5.74) is 1.79. The Bertz CT molecular complexity index is 811.